The van der Waals surface area contributed by atoms with Gasteiger partial charge in [0.05, 0.1) is 12.4 Å². The second-order valence-electron chi connectivity index (χ2n) is 4.71. The fraction of sp³-hybridized carbons (Fsp3) is 0.917. The Hall–Kier alpha value is -0.610. The maximum absolute atomic E-state index is 9.44. The first kappa shape index (κ1) is 13.5. The molecule has 2 unspecified atom stereocenters. The van der Waals surface area contributed by atoms with Crippen LogP contribution < -0.4 is 5.73 Å². The van der Waals surface area contributed by atoms with Gasteiger partial charge in [0, 0.05) is 18.5 Å². The standard InChI is InChI=1S/C12H25N3O/c1-2-10(8-12(13)14)15-7-5-3-4-6-11(15)9-16/h10-11,16H,2-9H2,1H3,(H3,13,14). The van der Waals surface area contributed by atoms with Crippen LogP contribution in [0.15, 0.2) is 0 Å². The molecule has 1 aliphatic heterocycles. The van der Waals surface area contributed by atoms with Crippen LogP contribution in [0.3, 0.4) is 0 Å². The van der Waals surface area contributed by atoms with E-state index in [1.165, 1.54) is 19.3 Å². The summed E-state index contributed by atoms with van der Waals surface area (Å²) < 4.78 is 0. The Balaban J connectivity index is 2.65. The monoisotopic (exact) mass is 227 g/mol. The summed E-state index contributed by atoms with van der Waals surface area (Å²) >= 11 is 0. The van der Waals surface area contributed by atoms with E-state index in [-0.39, 0.29) is 18.5 Å². The molecule has 0 saturated carbocycles. The average molecular weight is 227 g/mol. The van der Waals surface area contributed by atoms with E-state index in [9.17, 15) is 5.11 Å². The summed E-state index contributed by atoms with van der Waals surface area (Å²) in [4.78, 5) is 2.37. The number of nitrogens with zero attached hydrogens (tertiary/aromatic N) is 1. The van der Waals surface area contributed by atoms with Crippen LogP contribution >= 0.6 is 0 Å². The Kier molecular flexibility index (Phi) is 5.77. The molecule has 4 heteroatoms. The first-order chi connectivity index (χ1) is 7.69. The minimum absolute atomic E-state index is 0.231. The average Bonchev–Trinajstić information content (AvgIpc) is 2.50. The molecule has 0 aromatic carbocycles. The molecule has 0 aromatic rings. The molecule has 16 heavy (non-hydrogen) atoms. The third-order valence-corrected chi connectivity index (χ3v) is 3.53. The number of amidine groups is 1. The van der Waals surface area contributed by atoms with Crippen molar-refractivity contribution < 1.29 is 5.11 Å². The third kappa shape index (κ3) is 3.76. The van der Waals surface area contributed by atoms with Gasteiger partial charge in [-0.25, -0.2) is 0 Å². The lowest BCUT2D eigenvalue weighted by atomic mass is 10.0. The Labute approximate surface area is 98.3 Å². The van der Waals surface area contributed by atoms with Crippen LogP contribution in [0.2, 0.25) is 0 Å². The largest absolute Gasteiger partial charge is 0.395 e. The summed E-state index contributed by atoms with van der Waals surface area (Å²) in [5, 5.41) is 16.9. The van der Waals surface area contributed by atoms with Crippen molar-refractivity contribution in [2.45, 2.75) is 57.5 Å². The maximum Gasteiger partial charge on any atom is 0.0921 e. The molecule has 0 aromatic heterocycles. The number of likely N-dealkylation sites (tertiary alicyclic amines) is 1. The van der Waals surface area contributed by atoms with E-state index >= 15 is 0 Å². The second-order valence-corrected chi connectivity index (χ2v) is 4.71. The molecular formula is C12H25N3O. The van der Waals surface area contributed by atoms with Crippen molar-refractivity contribution in [3.63, 3.8) is 0 Å². The zero-order chi connectivity index (χ0) is 12.0. The van der Waals surface area contributed by atoms with Crippen molar-refractivity contribution in [2.75, 3.05) is 13.2 Å². The Morgan fingerprint density at radius 3 is 2.81 bits per heavy atom. The number of nitrogens with one attached hydrogen (secondary N) is 1. The second kappa shape index (κ2) is 6.86. The van der Waals surface area contributed by atoms with E-state index in [0.29, 0.717) is 12.5 Å². The van der Waals surface area contributed by atoms with Crippen LogP contribution in [0.1, 0.15) is 45.4 Å². The first-order valence-electron chi connectivity index (χ1n) is 6.38. The number of aliphatic hydroxyl groups is 1. The van der Waals surface area contributed by atoms with Crippen LogP contribution in [0, 0.1) is 5.41 Å². The number of rotatable bonds is 5. The van der Waals surface area contributed by atoms with Crippen molar-refractivity contribution in [3.05, 3.63) is 0 Å². The van der Waals surface area contributed by atoms with Crippen LogP contribution in [-0.2, 0) is 0 Å². The maximum atomic E-state index is 9.44. The van der Waals surface area contributed by atoms with Crippen LogP contribution in [0.25, 0.3) is 0 Å². The summed E-state index contributed by atoms with van der Waals surface area (Å²) in [6, 6.07) is 0.597. The Bertz CT molecular complexity index is 220. The van der Waals surface area contributed by atoms with Crippen LogP contribution in [-0.4, -0.2) is 41.1 Å². The predicted molar refractivity (Wildman–Crippen MR) is 66.7 cm³/mol. The molecule has 1 aliphatic rings. The molecule has 0 amide bonds. The highest BCUT2D eigenvalue weighted by atomic mass is 16.3. The van der Waals surface area contributed by atoms with E-state index in [4.69, 9.17) is 11.1 Å². The smallest absolute Gasteiger partial charge is 0.0921 e. The van der Waals surface area contributed by atoms with Crippen LogP contribution in [0.5, 0.6) is 0 Å². The highest BCUT2D eigenvalue weighted by Gasteiger charge is 2.26. The molecule has 0 bridgehead atoms. The van der Waals surface area contributed by atoms with Gasteiger partial charge >= 0.3 is 0 Å². The fourth-order valence-corrected chi connectivity index (χ4v) is 2.63. The molecule has 0 radical (unpaired) electrons. The van der Waals surface area contributed by atoms with Crippen molar-refractivity contribution >= 4 is 5.84 Å². The predicted octanol–water partition coefficient (Wildman–Crippen LogP) is 1.33. The number of nitrogens with two attached hydrogens (primary N) is 1. The molecule has 1 rings (SSSR count). The van der Waals surface area contributed by atoms with Gasteiger partial charge in [-0.2, -0.15) is 0 Å². The van der Waals surface area contributed by atoms with Crippen molar-refractivity contribution in [3.8, 4) is 0 Å². The molecule has 0 aliphatic carbocycles. The number of aliphatic hydroxyl groups excluding tert-OH is 1. The van der Waals surface area contributed by atoms with Crippen molar-refractivity contribution in [1.29, 1.82) is 5.41 Å². The van der Waals surface area contributed by atoms with Gasteiger partial charge in [0.2, 0.25) is 0 Å². The van der Waals surface area contributed by atoms with E-state index in [2.05, 4.69) is 11.8 Å². The van der Waals surface area contributed by atoms with Crippen molar-refractivity contribution in [2.24, 2.45) is 5.73 Å². The highest BCUT2D eigenvalue weighted by molar-refractivity contribution is 5.77. The number of hydrogen-bond donors (Lipinski definition) is 3. The Morgan fingerprint density at radius 2 is 2.25 bits per heavy atom. The molecular weight excluding hydrogens is 202 g/mol. The summed E-state index contributed by atoms with van der Waals surface area (Å²) in [6.07, 6.45) is 6.36. The van der Waals surface area contributed by atoms with Crippen molar-refractivity contribution in [1.82, 2.24) is 4.90 Å². The zero-order valence-electron chi connectivity index (χ0n) is 10.3. The normalized spacial score (nSPS) is 25.0. The van der Waals surface area contributed by atoms with Gasteiger partial charge in [-0.1, -0.05) is 19.8 Å². The quantitative estimate of drug-likeness (QED) is 0.490. The van der Waals surface area contributed by atoms with Gasteiger partial charge < -0.3 is 10.8 Å². The molecule has 0 spiro atoms. The molecule has 1 heterocycles. The van der Waals surface area contributed by atoms with Gasteiger partial charge in [-0.05, 0) is 25.8 Å². The Morgan fingerprint density at radius 1 is 1.50 bits per heavy atom. The van der Waals surface area contributed by atoms with E-state index in [1.54, 1.807) is 0 Å². The number of hydrogen-bond acceptors (Lipinski definition) is 3. The summed E-state index contributed by atoms with van der Waals surface area (Å²) in [5.74, 6) is 0.257. The lowest BCUT2D eigenvalue weighted by molar-refractivity contribution is 0.0848. The first-order valence-corrected chi connectivity index (χ1v) is 6.38. The highest BCUT2D eigenvalue weighted by Crippen LogP contribution is 2.21. The third-order valence-electron chi connectivity index (χ3n) is 3.53. The minimum Gasteiger partial charge on any atom is -0.395 e. The van der Waals surface area contributed by atoms with E-state index < -0.39 is 0 Å². The molecule has 2 atom stereocenters. The van der Waals surface area contributed by atoms with Gasteiger partial charge in [-0.3, -0.25) is 10.3 Å². The summed E-state index contributed by atoms with van der Waals surface area (Å²) in [7, 11) is 0. The van der Waals surface area contributed by atoms with E-state index in [0.717, 1.165) is 19.4 Å². The summed E-state index contributed by atoms with van der Waals surface area (Å²) in [6.45, 7) is 3.40. The lowest BCUT2D eigenvalue weighted by Gasteiger charge is -2.35. The minimum atomic E-state index is 0.231. The molecule has 4 N–H and O–H groups in total. The molecule has 1 fully saturated rings. The summed E-state index contributed by atoms with van der Waals surface area (Å²) in [5.41, 5.74) is 5.50. The molecule has 4 nitrogen and oxygen atoms in total. The van der Waals surface area contributed by atoms with Gasteiger partial charge in [0.1, 0.15) is 0 Å². The van der Waals surface area contributed by atoms with E-state index in [1.807, 2.05) is 0 Å². The molecule has 94 valence electrons. The van der Waals surface area contributed by atoms with Gasteiger partial charge in [0.15, 0.2) is 0 Å². The lowest BCUT2D eigenvalue weighted by Crippen LogP contribution is -2.46. The van der Waals surface area contributed by atoms with Crippen LogP contribution in [0.4, 0.5) is 0 Å². The zero-order valence-corrected chi connectivity index (χ0v) is 10.3. The fourth-order valence-electron chi connectivity index (χ4n) is 2.63. The topological polar surface area (TPSA) is 73.3 Å². The SMILES string of the molecule is CCC(CC(=N)N)N1CCCCCC1CO. The molecule has 1 saturated heterocycles. The van der Waals surface area contributed by atoms with Gasteiger partial charge in [-0.15, -0.1) is 0 Å². The van der Waals surface area contributed by atoms with Gasteiger partial charge in [0.25, 0.3) is 0 Å².